The van der Waals surface area contributed by atoms with E-state index >= 15 is 0 Å². The minimum atomic E-state index is 0.133. The Morgan fingerprint density at radius 2 is 2.03 bits per heavy atom. The van der Waals surface area contributed by atoms with Crippen LogP contribution < -0.4 is 20.3 Å². The van der Waals surface area contributed by atoms with Crippen LogP contribution in [0.25, 0.3) is 0 Å². The number of hydrogen-bond acceptors (Lipinski definition) is 5. The van der Waals surface area contributed by atoms with Crippen LogP contribution in [-0.4, -0.2) is 50.4 Å². The van der Waals surface area contributed by atoms with Crippen LogP contribution in [0.5, 0.6) is 5.75 Å². The first-order valence-corrected chi connectivity index (χ1v) is 11.2. The van der Waals surface area contributed by atoms with Gasteiger partial charge in [0.15, 0.2) is 5.96 Å². The molecule has 166 valence electrons. The maximum Gasteiger partial charge on any atom is 0.191 e. The number of nitrogens with one attached hydrogen (secondary N) is 2. The highest BCUT2D eigenvalue weighted by Crippen LogP contribution is 2.24. The Morgan fingerprint density at radius 3 is 2.74 bits per heavy atom. The molecule has 1 aromatic carbocycles. The highest BCUT2D eigenvalue weighted by atomic mass is 16.5. The summed E-state index contributed by atoms with van der Waals surface area (Å²) in [4.78, 5) is 11.3. The first-order valence-electron chi connectivity index (χ1n) is 11.2. The van der Waals surface area contributed by atoms with Crippen molar-refractivity contribution in [1.82, 2.24) is 15.6 Å². The lowest BCUT2D eigenvalue weighted by Crippen LogP contribution is -2.36. The molecule has 0 spiro atoms. The van der Waals surface area contributed by atoms with E-state index in [1.165, 1.54) is 18.4 Å². The average molecular weight is 424 g/mol. The highest BCUT2D eigenvalue weighted by Gasteiger charge is 2.19. The third kappa shape index (κ3) is 5.88. The van der Waals surface area contributed by atoms with Crippen molar-refractivity contribution < 1.29 is 9.47 Å². The summed E-state index contributed by atoms with van der Waals surface area (Å²) >= 11 is 0. The van der Waals surface area contributed by atoms with Gasteiger partial charge >= 0.3 is 0 Å². The van der Waals surface area contributed by atoms with Crippen molar-refractivity contribution >= 4 is 11.8 Å². The summed E-state index contributed by atoms with van der Waals surface area (Å²) < 4.78 is 11.6. The molecule has 4 rings (SSSR count). The fourth-order valence-corrected chi connectivity index (χ4v) is 3.94. The second kappa shape index (κ2) is 10.5. The molecule has 2 N–H and O–H groups in total. The molecule has 1 atom stereocenters. The number of pyridine rings is 1. The lowest BCUT2D eigenvalue weighted by atomic mass is 10.1. The molecule has 2 aliphatic rings. The van der Waals surface area contributed by atoms with Gasteiger partial charge in [0.1, 0.15) is 17.7 Å². The number of aromatic nitrogens is 1. The van der Waals surface area contributed by atoms with Crippen LogP contribution >= 0.6 is 0 Å². The first kappa shape index (κ1) is 21.4. The number of aliphatic imine (C=N–C) groups is 1. The van der Waals surface area contributed by atoms with Crippen molar-refractivity contribution in [2.24, 2.45) is 4.99 Å². The first-order chi connectivity index (χ1) is 15.2. The third-order valence-electron chi connectivity index (χ3n) is 5.77. The zero-order valence-corrected chi connectivity index (χ0v) is 18.6. The minimum absolute atomic E-state index is 0.133. The monoisotopic (exact) mass is 423 g/mol. The molecule has 7 heteroatoms. The summed E-state index contributed by atoms with van der Waals surface area (Å²) in [6.07, 6.45) is 5.54. The fraction of sp³-hybridized carbons (Fsp3) is 0.500. The van der Waals surface area contributed by atoms with Crippen molar-refractivity contribution in [1.29, 1.82) is 0 Å². The van der Waals surface area contributed by atoms with Crippen molar-refractivity contribution in [3.8, 4) is 5.75 Å². The molecular formula is C24H33N5O2. The molecule has 2 aromatic rings. The largest absolute Gasteiger partial charge is 0.488 e. The van der Waals surface area contributed by atoms with Crippen LogP contribution in [0, 0.1) is 6.92 Å². The predicted molar refractivity (Wildman–Crippen MR) is 124 cm³/mol. The lowest BCUT2D eigenvalue weighted by molar-refractivity contribution is 0.140. The van der Waals surface area contributed by atoms with Crippen LogP contribution in [0.4, 0.5) is 5.82 Å². The molecule has 1 aromatic heterocycles. The number of rotatable bonds is 7. The van der Waals surface area contributed by atoms with E-state index in [-0.39, 0.29) is 6.10 Å². The maximum absolute atomic E-state index is 6.20. The number of benzene rings is 1. The minimum Gasteiger partial charge on any atom is -0.488 e. The van der Waals surface area contributed by atoms with Crippen molar-refractivity contribution in [3.63, 3.8) is 0 Å². The zero-order chi connectivity index (χ0) is 21.5. The Labute approximate surface area is 184 Å². The van der Waals surface area contributed by atoms with Gasteiger partial charge in [-0.15, -0.1) is 0 Å². The summed E-state index contributed by atoms with van der Waals surface area (Å²) in [6, 6.07) is 10.6. The quantitative estimate of drug-likeness (QED) is 0.527. The summed E-state index contributed by atoms with van der Waals surface area (Å²) in [5.74, 6) is 2.74. The summed E-state index contributed by atoms with van der Waals surface area (Å²) in [5, 5.41) is 6.77. The van der Waals surface area contributed by atoms with Gasteiger partial charge in [-0.05, 0) is 43.0 Å². The maximum atomic E-state index is 6.20. The molecule has 0 saturated carbocycles. The summed E-state index contributed by atoms with van der Waals surface area (Å²) in [5.41, 5.74) is 3.42. The van der Waals surface area contributed by atoms with E-state index in [1.54, 1.807) is 7.05 Å². The van der Waals surface area contributed by atoms with E-state index in [4.69, 9.17) is 9.47 Å². The number of aryl methyl sites for hydroxylation is 1. The molecule has 3 heterocycles. The lowest BCUT2D eigenvalue weighted by Gasteiger charge is -2.18. The van der Waals surface area contributed by atoms with E-state index in [1.807, 2.05) is 6.20 Å². The van der Waals surface area contributed by atoms with Gasteiger partial charge in [-0.1, -0.05) is 18.2 Å². The van der Waals surface area contributed by atoms with Gasteiger partial charge < -0.3 is 25.0 Å². The van der Waals surface area contributed by atoms with Crippen LogP contribution in [0.1, 0.15) is 36.0 Å². The molecule has 0 amide bonds. The standard InChI is InChI=1S/C24H33N5O2/c1-18-5-7-20(22(13-18)31-21-9-12-30-17-21)16-28-24(25-2)27-15-19-6-8-23(26-14-19)29-10-3-4-11-29/h5-8,13-14,21H,3-4,9-12,15-17H2,1-2H3,(H2,25,27,28). The van der Waals surface area contributed by atoms with Gasteiger partial charge in [-0.25, -0.2) is 4.98 Å². The van der Waals surface area contributed by atoms with E-state index in [0.29, 0.717) is 19.7 Å². The molecule has 0 bridgehead atoms. The SMILES string of the molecule is CN=C(NCc1ccc(N2CCCC2)nc1)NCc1ccc(C)cc1OC1CCOC1. The van der Waals surface area contributed by atoms with Gasteiger partial charge in [0.05, 0.1) is 13.2 Å². The number of guanidine groups is 1. The van der Waals surface area contributed by atoms with Crippen molar-refractivity contribution in [2.45, 2.75) is 45.4 Å². The summed E-state index contributed by atoms with van der Waals surface area (Å²) in [7, 11) is 1.78. The second-order valence-electron chi connectivity index (χ2n) is 8.21. The van der Waals surface area contributed by atoms with Gasteiger partial charge in [-0.3, -0.25) is 4.99 Å². The molecule has 31 heavy (non-hydrogen) atoms. The number of ether oxygens (including phenoxy) is 2. The molecule has 7 nitrogen and oxygen atoms in total. The van der Waals surface area contributed by atoms with Crippen LogP contribution in [0.2, 0.25) is 0 Å². The Bertz CT molecular complexity index is 872. The highest BCUT2D eigenvalue weighted by molar-refractivity contribution is 5.79. The average Bonchev–Trinajstić information content (AvgIpc) is 3.50. The zero-order valence-electron chi connectivity index (χ0n) is 18.6. The fourth-order valence-electron chi connectivity index (χ4n) is 3.94. The predicted octanol–water partition coefficient (Wildman–Crippen LogP) is 3.02. The molecular weight excluding hydrogens is 390 g/mol. The van der Waals surface area contributed by atoms with Crippen molar-refractivity contribution in [3.05, 3.63) is 53.2 Å². The number of hydrogen-bond donors (Lipinski definition) is 2. The van der Waals surface area contributed by atoms with E-state index < -0.39 is 0 Å². The Hall–Kier alpha value is -2.80. The molecule has 0 radical (unpaired) electrons. The van der Waals surface area contributed by atoms with Gasteiger partial charge in [0, 0.05) is 51.4 Å². The van der Waals surface area contributed by atoms with Gasteiger partial charge in [0.2, 0.25) is 0 Å². The number of anilines is 1. The second-order valence-corrected chi connectivity index (χ2v) is 8.21. The molecule has 2 aliphatic heterocycles. The topological polar surface area (TPSA) is 71.0 Å². The number of nitrogens with zero attached hydrogens (tertiary/aromatic N) is 3. The van der Waals surface area contributed by atoms with E-state index in [0.717, 1.165) is 54.8 Å². The molecule has 2 fully saturated rings. The van der Waals surface area contributed by atoms with Crippen LogP contribution in [0.15, 0.2) is 41.5 Å². The smallest absolute Gasteiger partial charge is 0.191 e. The van der Waals surface area contributed by atoms with Crippen LogP contribution in [-0.2, 0) is 17.8 Å². The Kier molecular flexibility index (Phi) is 7.25. The molecule has 2 saturated heterocycles. The van der Waals surface area contributed by atoms with E-state index in [9.17, 15) is 0 Å². The molecule has 1 unspecified atom stereocenters. The van der Waals surface area contributed by atoms with Crippen LogP contribution in [0.3, 0.4) is 0 Å². The Balaban J connectivity index is 1.30. The third-order valence-corrected chi connectivity index (χ3v) is 5.77. The van der Waals surface area contributed by atoms with Gasteiger partial charge in [0.25, 0.3) is 0 Å². The summed E-state index contributed by atoms with van der Waals surface area (Å²) in [6.45, 7) is 7.04. The normalized spacial score (nSPS) is 19.0. The van der Waals surface area contributed by atoms with Gasteiger partial charge in [-0.2, -0.15) is 0 Å². The van der Waals surface area contributed by atoms with E-state index in [2.05, 4.69) is 62.8 Å². The Morgan fingerprint density at radius 1 is 1.19 bits per heavy atom. The molecule has 0 aliphatic carbocycles. The van der Waals surface area contributed by atoms with Crippen molar-refractivity contribution in [2.75, 3.05) is 38.3 Å².